The predicted molar refractivity (Wildman–Crippen MR) is 63.8 cm³/mol. The average molecular weight is 226 g/mol. The Morgan fingerprint density at radius 2 is 2.00 bits per heavy atom. The van der Waals surface area contributed by atoms with E-state index in [1.54, 1.807) is 0 Å². The fraction of sp³-hybridized carbons (Fsp3) is 0.0833. The molecule has 0 aliphatic carbocycles. The van der Waals surface area contributed by atoms with Crippen LogP contribution < -0.4 is 5.56 Å². The molecule has 0 bridgehead atoms. The van der Waals surface area contributed by atoms with Crippen LogP contribution in [0.4, 0.5) is 0 Å². The maximum Gasteiger partial charge on any atom is 0.262 e. The minimum Gasteiger partial charge on any atom is -0.312 e. The molecule has 0 fully saturated rings. The Morgan fingerprint density at radius 1 is 1.18 bits per heavy atom. The number of hydrogen-bond donors (Lipinski definition) is 2. The van der Waals surface area contributed by atoms with Gasteiger partial charge >= 0.3 is 0 Å². The molecule has 3 aromatic rings. The van der Waals surface area contributed by atoms with Gasteiger partial charge in [-0.3, -0.25) is 9.89 Å². The summed E-state index contributed by atoms with van der Waals surface area (Å²) in [5.74, 6) is 0. The zero-order valence-electron chi connectivity index (χ0n) is 8.97. The van der Waals surface area contributed by atoms with Gasteiger partial charge in [-0.2, -0.15) is 5.10 Å². The van der Waals surface area contributed by atoms with Gasteiger partial charge in [0.2, 0.25) is 0 Å². The lowest BCUT2D eigenvalue weighted by Crippen LogP contribution is -2.07. The average Bonchev–Trinajstić information content (AvgIpc) is 2.75. The topological polar surface area (TPSA) is 74.4 Å². The fourth-order valence-corrected chi connectivity index (χ4v) is 1.85. The summed E-state index contributed by atoms with van der Waals surface area (Å²) in [7, 11) is 0. The van der Waals surface area contributed by atoms with E-state index in [1.807, 2.05) is 30.3 Å². The summed E-state index contributed by atoms with van der Waals surface area (Å²) in [6, 6.07) is 9.92. The lowest BCUT2D eigenvalue weighted by Gasteiger charge is -1.98. The van der Waals surface area contributed by atoms with Gasteiger partial charge in [-0.1, -0.05) is 30.3 Å². The number of benzene rings is 1. The van der Waals surface area contributed by atoms with Gasteiger partial charge in [-0.05, 0) is 5.56 Å². The van der Waals surface area contributed by atoms with Crippen LogP contribution in [-0.4, -0.2) is 20.2 Å². The third-order valence-electron chi connectivity index (χ3n) is 2.66. The molecule has 2 heterocycles. The van der Waals surface area contributed by atoms with Crippen molar-refractivity contribution in [2.75, 3.05) is 0 Å². The van der Waals surface area contributed by atoms with Crippen molar-refractivity contribution >= 4 is 11.0 Å². The summed E-state index contributed by atoms with van der Waals surface area (Å²) in [5.41, 5.74) is 2.22. The molecule has 5 nitrogen and oxygen atoms in total. The maximum atomic E-state index is 11.7. The molecule has 1 aromatic carbocycles. The van der Waals surface area contributed by atoms with E-state index in [2.05, 4.69) is 20.2 Å². The van der Waals surface area contributed by atoms with Crippen LogP contribution in [0.15, 0.2) is 41.5 Å². The number of nitrogens with one attached hydrogen (secondary N) is 2. The van der Waals surface area contributed by atoms with Crippen LogP contribution >= 0.6 is 0 Å². The van der Waals surface area contributed by atoms with E-state index < -0.39 is 0 Å². The Kier molecular flexibility index (Phi) is 2.22. The van der Waals surface area contributed by atoms with Gasteiger partial charge in [0.15, 0.2) is 5.65 Å². The van der Waals surface area contributed by atoms with Crippen molar-refractivity contribution in [2.24, 2.45) is 0 Å². The highest BCUT2D eigenvalue weighted by Crippen LogP contribution is 2.12. The van der Waals surface area contributed by atoms with Crippen LogP contribution in [0, 0.1) is 0 Å². The van der Waals surface area contributed by atoms with Crippen LogP contribution in [0.25, 0.3) is 11.0 Å². The molecule has 0 saturated heterocycles. The number of aromatic amines is 2. The molecule has 3 rings (SSSR count). The van der Waals surface area contributed by atoms with Gasteiger partial charge in [0.1, 0.15) is 5.39 Å². The Balaban J connectivity index is 2.10. The summed E-state index contributed by atoms with van der Waals surface area (Å²) < 4.78 is 0. The Morgan fingerprint density at radius 3 is 2.82 bits per heavy atom. The zero-order valence-corrected chi connectivity index (χ0v) is 8.97. The van der Waals surface area contributed by atoms with Crippen molar-refractivity contribution in [3.05, 3.63) is 58.3 Å². The van der Waals surface area contributed by atoms with Crippen molar-refractivity contribution in [1.29, 1.82) is 0 Å². The van der Waals surface area contributed by atoms with Gasteiger partial charge in [0.05, 0.1) is 12.0 Å². The lowest BCUT2D eigenvalue weighted by atomic mass is 10.1. The van der Waals surface area contributed by atoms with Crippen LogP contribution in [0.5, 0.6) is 0 Å². The molecular formula is C12H10N4O. The Labute approximate surface area is 96.5 Å². The van der Waals surface area contributed by atoms with Crippen molar-refractivity contribution in [3.8, 4) is 0 Å². The van der Waals surface area contributed by atoms with Crippen molar-refractivity contribution < 1.29 is 0 Å². The molecule has 17 heavy (non-hydrogen) atoms. The highest BCUT2D eigenvalue weighted by molar-refractivity contribution is 5.76. The molecule has 84 valence electrons. The molecule has 0 amide bonds. The van der Waals surface area contributed by atoms with Crippen LogP contribution in [0.2, 0.25) is 0 Å². The molecule has 0 saturated carbocycles. The van der Waals surface area contributed by atoms with Crippen LogP contribution in [0.3, 0.4) is 0 Å². The smallest absolute Gasteiger partial charge is 0.262 e. The first-order valence-corrected chi connectivity index (χ1v) is 5.29. The summed E-state index contributed by atoms with van der Waals surface area (Å²) in [4.78, 5) is 18.3. The molecule has 0 unspecified atom stereocenters. The normalized spacial score (nSPS) is 10.8. The van der Waals surface area contributed by atoms with E-state index in [4.69, 9.17) is 0 Å². The van der Waals surface area contributed by atoms with Gasteiger partial charge in [-0.25, -0.2) is 4.98 Å². The summed E-state index contributed by atoms with van der Waals surface area (Å²) in [5, 5.41) is 7.43. The first kappa shape index (κ1) is 9.77. The molecule has 2 N–H and O–H groups in total. The van der Waals surface area contributed by atoms with Crippen molar-refractivity contribution in [2.45, 2.75) is 6.42 Å². The van der Waals surface area contributed by atoms with Crippen LogP contribution in [-0.2, 0) is 6.42 Å². The van der Waals surface area contributed by atoms with E-state index in [1.165, 1.54) is 6.33 Å². The van der Waals surface area contributed by atoms with Crippen LogP contribution in [0.1, 0.15) is 11.3 Å². The van der Waals surface area contributed by atoms with Crippen molar-refractivity contribution in [3.63, 3.8) is 0 Å². The first-order chi connectivity index (χ1) is 8.34. The number of rotatable bonds is 2. The molecule has 2 aromatic heterocycles. The van der Waals surface area contributed by atoms with E-state index >= 15 is 0 Å². The Bertz CT molecular complexity index is 699. The quantitative estimate of drug-likeness (QED) is 0.690. The van der Waals surface area contributed by atoms with Crippen molar-refractivity contribution in [1.82, 2.24) is 20.2 Å². The molecule has 0 spiro atoms. The van der Waals surface area contributed by atoms with Gasteiger partial charge in [-0.15, -0.1) is 0 Å². The number of fused-ring (bicyclic) bond motifs is 1. The molecule has 0 aliphatic heterocycles. The first-order valence-electron chi connectivity index (χ1n) is 5.29. The molecule has 5 heteroatoms. The number of hydrogen-bond acceptors (Lipinski definition) is 3. The second kappa shape index (κ2) is 3.86. The summed E-state index contributed by atoms with van der Waals surface area (Å²) in [6.07, 6.45) is 2.00. The van der Waals surface area contributed by atoms with E-state index in [9.17, 15) is 4.79 Å². The third kappa shape index (κ3) is 1.71. The lowest BCUT2D eigenvalue weighted by molar-refractivity contribution is 1.00. The Hall–Kier alpha value is -2.43. The minimum absolute atomic E-state index is 0.158. The molecular weight excluding hydrogens is 216 g/mol. The number of aromatic nitrogens is 4. The summed E-state index contributed by atoms with van der Waals surface area (Å²) in [6.45, 7) is 0. The van der Waals surface area contributed by atoms with E-state index in [0.717, 1.165) is 11.3 Å². The molecule has 0 aliphatic rings. The zero-order chi connectivity index (χ0) is 11.7. The number of nitrogens with zero attached hydrogens (tertiary/aromatic N) is 2. The third-order valence-corrected chi connectivity index (χ3v) is 2.66. The monoisotopic (exact) mass is 226 g/mol. The maximum absolute atomic E-state index is 11.7. The standard InChI is InChI=1S/C12H10N4O/c17-12-10-9(6-8-4-2-1-3-5-8)15-16-11(10)13-7-14-12/h1-5,7H,6H2,(H2,13,14,15,16,17). The second-order valence-corrected chi connectivity index (χ2v) is 3.79. The van der Waals surface area contributed by atoms with Gasteiger partial charge < -0.3 is 4.98 Å². The van der Waals surface area contributed by atoms with Gasteiger partial charge in [0, 0.05) is 6.42 Å². The predicted octanol–water partition coefficient (Wildman–Crippen LogP) is 1.24. The highest BCUT2D eigenvalue weighted by atomic mass is 16.1. The SMILES string of the molecule is O=c1[nH]cnc2n[nH]c(Cc3ccccc3)c12. The number of H-pyrrole nitrogens is 2. The minimum atomic E-state index is -0.158. The highest BCUT2D eigenvalue weighted by Gasteiger charge is 2.10. The second-order valence-electron chi connectivity index (χ2n) is 3.79. The molecule has 0 atom stereocenters. The molecule has 0 radical (unpaired) electrons. The largest absolute Gasteiger partial charge is 0.312 e. The van der Waals surface area contributed by atoms with E-state index in [0.29, 0.717) is 17.5 Å². The van der Waals surface area contributed by atoms with Gasteiger partial charge in [0.25, 0.3) is 5.56 Å². The fourth-order valence-electron chi connectivity index (χ4n) is 1.85. The summed E-state index contributed by atoms with van der Waals surface area (Å²) >= 11 is 0. The van der Waals surface area contributed by atoms with E-state index in [-0.39, 0.29) is 5.56 Å².